The van der Waals surface area contributed by atoms with Crippen molar-refractivity contribution in [3.63, 3.8) is 0 Å². The lowest BCUT2D eigenvalue weighted by molar-refractivity contribution is 0.389. The number of aromatic hydroxyl groups is 3. The van der Waals surface area contributed by atoms with E-state index in [0.717, 1.165) is 56.5 Å². The molecule has 4 nitrogen and oxygen atoms in total. The molecule has 0 amide bonds. The number of phenolic OH excluding ortho intramolecular Hbond substituents is 3. The van der Waals surface area contributed by atoms with Crippen molar-refractivity contribution in [2.45, 2.75) is 24.2 Å². The summed E-state index contributed by atoms with van der Waals surface area (Å²) in [4.78, 5) is 2.58. The highest BCUT2D eigenvalue weighted by Gasteiger charge is 2.21. The molecule has 3 N–H and O–H groups in total. The third-order valence-corrected chi connectivity index (χ3v) is 11.7. The van der Waals surface area contributed by atoms with E-state index in [0.29, 0.717) is 11.5 Å². The van der Waals surface area contributed by atoms with E-state index in [2.05, 4.69) is 175 Å². The monoisotopic (exact) mass is 771 g/mol. The Kier molecular flexibility index (Phi) is 9.82. The van der Waals surface area contributed by atoms with Crippen LogP contribution in [0.2, 0.25) is 0 Å². The van der Waals surface area contributed by atoms with Gasteiger partial charge in [0.15, 0.2) is 11.5 Å². The Morgan fingerprint density at radius 3 is 1.66 bits per heavy atom. The van der Waals surface area contributed by atoms with Gasteiger partial charge in [0.1, 0.15) is 5.75 Å². The number of hydrogen-bond acceptors (Lipinski definition) is 5. The molecule has 58 heavy (non-hydrogen) atoms. The number of thiol groups is 1. The summed E-state index contributed by atoms with van der Waals surface area (Å²) in [6.45, 7) is 1.53. The molecular weight excluding hydrogens is 731 g/mol. The SMILES string of the molecule is Cc1c(O)c(O)c(-c2ccc(-c3ccc(-c4ccc(N(c5ccc(-c6ccccc6)cc5)c5ccc(C6C=CC=CC6)cc5)c5ccccc45)cc3)cc2)c(S)c1O. The van der Waals surface area contributed by atoms with Gasteiger partial charge in [0.05, 0.1) is 10.6 Å². The molecule has 8 aromatic carbocycles. The van der Waals surface area contributed by atoms with Gasteiger partial charge in [0.25, 0.3) is 0 Å². The molecule has 0 aliphatic heterocycles. The molecule has 0 saturated heterocycles. The number of benzene rings is 8. The highest BCUT2D eigenvalue weighted by molar-refractivity contribution is 7.80. The van der Waals surface area contributed by atoms with Crippen LogP contribution in [0.5, 0.6) is 17.2 Å². The predicted octanol–water partition coefficient (Wildman–Crippen LogP) is 14.3. The van der Waals surface area contributed by atoms with Crippen LogP contribution in [0, 0.1) is 6.92 Å². The minimum absolute atomic E-state index is 0.154. The van der Waals surface area contributed by atoms with Gasteiger partial charge in [0.2, 0.25) is 0 Å². The van der Waals surface area contributed by atoms with Crippen LogP contribution in [0.4, 0.5) is 17.1 Å². The second-order valence-electron chi connectivity index (χ2n) is 14.7. The Morgan fingerprint density at radius 1 is 0.500 bits per heavy atom. The molecule has 8 aromatic rings. The zero-order valence-corrected chi connectivity index (χ0v) is 32.8. The Morgan fingerprint density at radius 2 is 1.03 bits per heavy atom. The number of hydrogen-bond donors (Lipinski definition) is 4. The average Bonchev–Trinajstić information content (AvgIpc) is 3.29. The molecule has 0 radical (unpaired) electrons. The molecule has 5 heteroatoms. The van der Waals surface area contributed by atoms with Gasteiger partial charge in [0, 0.05) is 33.8 Å². The van der Waals surface area contributed by atoms with Gasteiger partial charge in [-0.2, -0.15) is 0 Å². The largest absolute Gasteiger partial charge is 0.506 e. The van der Waals surface area contributed by atoms with Crippen molar-refractivity contribution in [2.24, 2.45) is 0 Å². The van der Waals surface area contributed by atoms with Crippen molar-refractivity contribution in [3.8, 4) is 61.8 Å². The molecule has 0 fully saturated rings. The average molecular weight is 772 g/mol. The quantitative estimate of drug-likeness (QED) is 0.0706. The molecular formula is C53H41NO3S. The third-order valence-electron chi connectivity index (χ3n) is 11.3. The minimum Gasteiger partial charge on any atom is -0.506 e. The molecule has 1 atom stereocenters. The first kappa shape index (κ1) is 36.7. The summed E-state index contributed by atoms with van der Waals surface area (Å²) in [5.41, 5.74) is 12.3. The van der Waals surface area contributed by atoms with E-state index < -0.39 is 0 Å². The lowest BCUT2D eigenvalue weighted by Gasteiger charge is -2.28. The molecule has 1 unspecified atom stereocenters. The Balaban J connectivity index is 1.07. The van der Waals surface area contributed by atoms with E-state index in [1.165, 1.54) is 23.6 Å². The molecule has 282 valence electrons. The van der Waals surface area contributed by atoms with Gasteiger partial charge in [-0.25, -0.2) is 0 Å². The van der Waals surface area contributed by atoms with Gasteiger partial charge in [-0.15, -0.1) is 12.6 Å². The smallest absolute Gasteiger partial charge is 0.167 e. The number of nitrogens with zero attached hydrogens (tertiary/aromatic N) is 1. The fraction of sp³-hybridized carbons (Fsp3) is 0.0566. The third kappa shape index (κ3) is 6.80. The Bertz CT molecular complexity index is 2800. The molecule has 9 rings (SSSR count). The summed E-state index contributed by atoms with van der Waals surface area (Å²) < 4.78 is 0. The number of rotatable bonds is 8. The summed E-state index contributed by atoms with van der Waals surface area (Å²) in [6.07, 6.45) is 9.78. The normalized spacial score (nSPS) is 13.5. The highest BCUT2D eigenvalue weighted by Crippen LogP contribution is 2.49. The molecule has 0 aromatic heterocycles. The van der Waals surface area contributed by atoms with Crippen molar-refractivity contribution in [3.05, 3.63) is 199 Å². The van der Waals surface area contributed by atoms with Crippen LogP contribution < -0.4 is 4.90 Å². The number of allylic oxidation sites excluding steroid dienone is 4. The summed E-state index contributed by atoms with van der Waals surface area (Å²) in [7, 11) is 0. The van der Waals surface area contributed by atoms with Crippen LogP contribution in [0.3, 0.4) is 0 Å². The van der Waals surface area contributed by atoms with Gasteiger partial charge in [-0.05, 0) is 93.6 Å². The van der Waals surface area contributed by atoms with E-state index in [-0.39, 0.29) is 33.3 Å². The van der Waals surface area contributed by atoms with Gasteiger partial charge in [-0.1, -0.05) is 158 Å². The number of phenols is 3. The lowest BCUT2D eigenvalue weighted by Crippen LogP contribution is -2.11. The first-order valence-corrected chi connectivity index (χ1v) is 19.9. The van der Waals surface area contributed by atoms with Gasteiger partial charge < -0.3 is 20.2 Å². The summed E-state index contributed by atoms with van der Waals surface area (Å²) in [5, 5.41) is 33.8. The van der Waals surface area contributed by atoms with E-state index in [1.54, 1.807) is 0 Å². The van der Waals surface area contributed by atoms with E-state index >= 15 is 0 Å². The number of fused-ring (bicyclic) bond motifs is 1. The fourth-order valence-electron chi connectivity index (χ4n) is 8.05. The zero-order valence-electron chi connectivity index (χ0n) is 31.9. The van der Waals surface area contributed by atoms with E-state index in [4.69, 9.17) is 0 Å². The second-order valence-corrected chi connectivity index (χ2v) is 15.2. The van der Waals surface area contributed by atoms with Gasteiger partial charge in [-0.3, -0.25) is 0 Å². The maximum atomic E-state index is 10.7. The van der Waals surface area contributed by atoms with E-state index in [9.17, 15) is 15.3 Å². The van der Waals surface area contributed by atoms with Crippen LogP contribution in [-0.4, -0.2) is 15.3 Å². The summed E-state index contributed by atoms with van der Waals surface area (Å²) >= 11 is 4.44. The van der Waals surface area contributed by atoms with Crippen molar-refractivity contribution >= 4 is 40.5 Å². The molecule has 0 saturated carbocycles. The zero-order chi connectivity index (χ0) is 39.8. The minimum atomic E-state index is -0.352. The van der Waals surface area contributed by atoms with Crippen molar-refractivity contribution in [2.75, 3.05) is 4.90 Å². The van der Waals surface area contributed by atoms with Crippen molar-refractivity contribution < 1.29 is 15.3 Å². The lowest BCUT2D eigenvalue weighted by atomic mass is 9.92. The first-order chi connectivity index (χ1) is 28.4. The highest BCUT2D eigenvalue weighted by atomic mass is 32.1. The first-order valence-electron chi connectivity index (χ1n) is 19.4. The van der Waals surface area contributed by atoms with Crippen molar-refractivity contribution in [1.82, 2.24) is 0 Å². The van der Waals surface area contributed by atoms with E-state index in [1.807, 2.05) is 30.3 Å². The maximum Gasteiger partial charge on any atom is 0.167 e. The van der Waals surface area contributed by atoms with Crippen molar-refractivity contribution in [1.29, 1.82) is 0 Å². The van der Waals surface area contributed by atoms with Crippen LogP contribution in [0.25, 0.3) is 55.3 Å². The number of anilines is 3. The molecule has 0 bridgehead atoms. The molecule has 0 heterocycles. The predicted molar refractivity (Wildman–Crippen MR) is 243 cm³/mol. The summed E-state index contributed by atoms with van der Waals surface area (Å²) in [5.74, 6) is -0.430. The summed E-state index contributed by atoms with van der Waals surface area (Å²) in [6, 6.07) is 57.7. The van der Waals surface area contributed by atoms with Gasteiger partial charge >= 0.3 is 0 Å². The fourth-order valence-corrected chi connectivity index (χ4v) is 8.45. The van der Waals surface area contributed by atoms with Crippen LogP contribution in [0.1, 0.15) is 23.5 Å². The standard InChI is InChI=1S/C53H41NO3S/c1-34-50(55)52(57)49(53(58)51(34)56)42-22-18-38(19-23-42)37-16-20-41(21-17-37)45-32-33-48(47-15-9-8-14-46(45)47)54(43-28-24-39(25-29-43)35-10-4-2-5-11-35)44-30-26-40(27-31-44)36-12-6-3-7-13-36/h2-12,14-33,36,55-58H,13H2,1H3. The van der Waals surface area contributed by atoms with Crippen LogP contribution in [0.15, 0.2) is 193 Å². The Hall–Kier alpha value is -6.95. The molecule has 1 aliphatic rings. The maximum absolute atomic E-state index is 10.7. The molecule has 1 aliphatic carbocycles. The van der Waals surface area contributed by atoms with Crippen LogP contribution in [-0.2, 0) is 0 Å². The topological polar surface area (TPSA) is 63.9 Å². The van der Waals surface area contributed by atoms with Crippen LogP contribution >= 0.6 is 12.6 Å². The second kappa shape index (κ2) is 15.5. The molecule has 0 spiro atoms. The Labute approximate surface area is 344 Å².